The summed E-state index contributed by atoms with van der Waals surface area (Å²) in [6.45, 7) is 1.84. The Morgan fingerprint density at radius 3 is 2.59 bits per heavy atom. The minimum atomic E-state index is -0.593. The van der Waals surface area contributed by atoms with Gasteiger partial charge in [-0.3, -0.25) is 4.79 Å². The molecule has 0 saturated carbocycles. The minimum Gasteiger partial charge on any atom is -0.397 e. The fraction of sp³-hybridized carbons (Fsp3) is 0.364. The lowest BCUT2D eigenvalue weighted by atomic mass is 10.1. The number of aliphatic hydroxyl groups excluding tert-OH is 1. The van der Waals surface area contributed by atoms with E-state index in [0.717, 1.165) is 0 Å². The van der Waals surface area contributed by atoms with E-state index in [1.54, 1.807) is 14.0 Å². The van der Waals surface area contributed by atoms with Gasteiger partial charge in [0.25, 0.3) is 5.91 Å². The van der Waals surface area contributed by atoms with Gasteiger partial charge in [0.2, 0.25) is 0 Å². The molecule has 0 saturated heterocycles. The first-order valence-electron chi connectivity index (χ1n) is 5.01. The van der Waals surface area contributed by atoms with Gasteiger partial charge in [-0.15, -0.1) is 0 Å². The molecule has 0 aromatic heterocycles. The van der Waals surface area contributed by atoms with Crippen LogP contribution >= 0.6 is 23.2 Å². The van der Waals surface area contributed by atoms with Gasteiger partial charge in [0.1, 0.15) is 0 Å². The van der Waals surface area contributed by atoms with Crippen LogP contribution in [0.25, 0.3) is 0 Å². The Balaban J connectivity index is 2.97. The lowest BCUT2D eigenvalue weighted by Gasteiger charge is -2.19. The molecule has 1 aromatic carbocycles. The van der Waals surface area contributed by atoms with Gasteiger partial charge in [-0.1, -0.05) is 23.2 Å². The van der Waals surface area contributed by atoms with E-state index in [0.29, 0.717) is 5.56 Å². The standard InChI is InChI=1S/C11H14Cl2N2O2/c1-6(16)5-15(2)11(17)7-3-8(12)10(13)9(14)4-7/h3-4,6,16H,5,14H2,1-2H3. The molecule has 0 radical (unpaired) electrons. The quantitative estimate of drug-likeness (QED) is 0.831. The molecule has 0 bridgehead atoms. The molecule has 1 atom stereocenters. The number of rotatable bonds is 3. The zero-order chi connectivity index (χ0) is 13.2. The lowest BCUT2D eigenvalue weighted by Crippen LogP contribution is -2.33. The largest absolute Gasteiger partial charge is 0.397 e. The molecule has 0 spiro atoms. The Bertz CT molecular complexity index is 412. The van der Waals surface area contributed by atoms with E-state index in [1.165, 1.54) is 17.0 Å². The third-order valence-corrected chi connectivity index (χ3v) is 3.00. The van der Waals surface area contributed by atoms with Crippen LogP contribution in [-0.4, -0.2) is 35.6 Å². The molecule has 1 amide bonds. The first-order valence-corrected chi connectivity index (χ1v) is 5.76. The van der Waals surface area contributed by atoms with Crippen LogP contribution in [0.4, 0.5) is 5.69 Å². The Kier molecular flexibility index (Phi) is 4.62. The van der Waals surface area contributed by atoms with Crippen molar-refractivity contribution in [2.45, 2.75) is 13.0 Å². The summed E-state index contributed by atoms with van der Waals surface area (Å²) in [6, 6.07) is 2.93. The summed E-state index contributed by atoms with van der Waals surface area (Å²) in [5.41, 5.74) is 6.23. The molecular formula is C11H14Cl2N2O2. The second-order valence-electron chi connectivity index (χ2n) is 3.90. The number of nitrogens with two attached hydrogens (primary N) is 1. The molecule has 4 nitrogen and oxygen atoms in total. The van der Waals surface area contributed by atoms with E-state index < -0.39 is 6.10 Å². The van der Waals surface area contributed by atoms with Gasteiger partial charge in [0, 0.05) is 19.2 Å². The smallest absolute Gasteiger partial charge is 0.253 e. The molecule has 6 heteroatoms. The summed E-state index contributed by atoms with van der Waals surface area (Å²) in [5, 5.41) is 9.68. The van der Waals surface area contributed by atoms with Crippen molar-refractivity contribution in [3.8, 4) is 0 Å². The van der Waals surface area contributed by atoms with Crippen LogP contribution in [0.15, 0.2) is 12.1 Å². The monoisotopic (exact) mass is 276 g/mol. The van der Waals surface area contributed by atoms with Crippen molar-refractivity contribution in [2.24, 2.45) is 0 Å². The highest BCUT2D eigenvalue weighted by atomic mass is 35.5. The number of nitrogens with zero attached hydrogens (tertiary/aromatic N) is 1. The summed E-state index contributed by atoms with van der Waals surface area (Å²) < 4.78 is 0. The zero-order valence-electron chi connectivity index (χ0n) is 9.58. The summed E-state index contributed by atoms with van der Waals surface area (Å²) in [4.78, 5) is 13.3. The van der Waals surface area contributed by atoms with E-state index >= 15 is 0 Å². The molecule has 1 aromatic rings. The Morgan fingerprint density at radius 2 is 2.12 bits per heavy atom. The molecule has 94 valence electrons. The number of carbonyl (C=O) groups excluding carboxylic acids is 1. The third kappa shape index (κ3) is 3.49. The highest BCUT2D eigenvalue weighted by molar-refractivity contribution is 6.43. The van der Waals surface area contributed by atoms with E-state index in [9.17, 15) is 9.90 Å². The molecule has 1 unspecified atom stereocenters. The van der Waals surface area contributed by atoms with Crippen molar-refractivity contribution in [3.05, 3.63) is 27.7 Å². The zero-order valence-corrected chi connectivity index (χ0v) is 11.1. The Hall–Kier alpha value is -0.970. The number of anilines is 1. The number of likely N-dealkylation sites (N-methyl/N-ethyl adjacent to an activating group) is 1. The summed E-state index contributed by atoms with van der Waals surface area (Å²) in [6.07, 6.45) is -0.593. The molecule has 0 fully saturated rings. The number of nitrogen functional groups attached to an aromatic ring is 1. The van der Waals surface area contributed by atoms with Crippen molar-refractivity contribution in [2.75, 3.05) is 19.3 Å². The molecule has 3 N–H and O–H groups in total. The van der Waals surface area contributed by atoms with Gasteiger partial charge in [-0.2, -0.15) is 0 Å². The Morgan fingerprint density at radius 1 is 1.53 bits per heavy atom. The van der Waals surface area contributed by atoms with Gasteiger partial charge in [-0.05, 0) is 19.1 Å². The molecule has 0 heterocycles. The van der Waals surface area contributed by atoms with Gasteiger partial charge in [-0.25, -0.2) is 0 Å². The predicted molar refractivity (Wildman–Crippen MR) is 69.5 cm³/mol. The van der Waals surface area contributed by atoms with Crippen molar-refractivity contribution in [3.63, 3.8) is 0 Å². The number of hydrogen-bond donors (Lipinski definition) is 2. The van der Waals surface area contributed by atoms with E-state index in [2.05, 4.69) is 0 Å². The molecule has 0 aliphatic rings. The van der Waals surface area contributed by atoms with Crippen molar-refractivity contribution >= 4 is 34.8 Å². The van der Waals surface area contributed by atoms with Crippen molar-refractivity contribution in [1.29, 1.82) is 0 Å². The third-order valence-electron chi connectivity index (χ3n) is 2.19. The SMILES string of the molecule is CC(O)CN(C)C(=O)c1cc(N)c(Cl)c(Cl)c1. The van der Waals surface area contributed by atoms with Gasteiger partial charge in [0.15, 0.2) is 0 Å². The number of aliphatic hydroxyl groups is 1. The fourth-order valence-corrected chi connectivity index (χ4v) is 1.77. The second kappa shape index (κ2) is 5.58. The number of amides is 1. The maximum absolute atomic E-state index is 12.0. The number of halogens is 2. The van der Waals surface area contributed by atoms with Crippen LogP contribution < -0.4 is 5.73 Å². The molecule has 1 rings (SSSR count). The van der Waals surface area contributed by atoms with Crippen LogP contribution in [0.3, 0.4) is 0 Å². The molecule has 0 aliphatic carbocycles. The highest BCUT2D eigenvalue weighted by Crippen LogP contribution is 2.29. The van der Waals surface area contributed by atoms with Crippen molar-refractivity contribution in [1.82, 2.24) is 4.90 Å². The van der Waals surface area contributed by atoms with Crippen LogP contribution in [-0.2, 0) is 0 Å². The first-order chi connectivity index (χ1) is 7.82. The van der Waals surface area contributed by atoms with Crippen LogP contribution in [0, 0.1) is 0 Å². The first kappa shape index (κ1) is 14.1. The van der Waals surface area contributed by atoms with E-state index in [-0.39, 0.29) is 28.2 Å². The van der Waals surface area contributed by atoms with Crippen LogP contribution in [0.1, 0.15) is 17.3 Å². The molecule has 0 aliphatic heterocycles. The number of carbonyl (C=O) groups is 1. The summed E-state index contributed by atoms with van der Waals surface area (Å²) in [7, 11) is 1.59. The fourth-order valence-electron chi connectivity index (χ4n) is 1.43. The van der Waals surface area contributed by atoms with Gasteiger partial charge >= 0.3 is 0 Å². The number of hydrogen-bond acceptors (Lipinski definition) is 3. The summed E-state index contributed by atoms with van der Waals surface area (Å²) >= 11 is 11.6. The second-order valence-corrected chi connectivity index (χ2v) is 4.68. The maximum Gasteiger partial charge on any atom is 0.253 e. The lowest BCUT2D eigenvalue weighted by molar-refractivity contribution is 0.0704. The van der Waals surface area contributed by atoms with E-state index in [4.69, 9.17) is 28.9 Å². The summed E-state index contributed by atoms with van der Waals surface area (Å²) in [5.74, 6) is -0.267. The Labute approximate surface area is 110 Å². The predicted octanol–water partition coefficient (Wildman–Crippen LogP) is 2.03. The topological polar surface area (TPSA) is 66.6 Å². The van der Waals surface area contributed by atoms with Crippen molar-refractivity contribution < 1.29 is 9.90 Å². The van der Waals surface area contributed by atoms with Crippen LogP contribution in [0.2, 0.25) is 10.0 Å². The highest BCUT2D eigenvalue weighted by Gasteiger charge is 2.16. The van der Waals surface area contributed by atoms with Crippen LogP contribution in [0.5, 0.6) is 0 Å². The number of benzene rings is 1. The molecular weight excluding hydrogens is 263 g/mol. The average molecular weight is 277 g/mol. The van der Waals surface area contributed by atoms with Gasteiger partial charge < -0.3 is 15.7 Å². The normalized spacial score (nSPS) is 12.3. The van der Waals surface area contributed by atoms with Gasteiger partial charge in [0.05, 0.1) is 21.8 Å². The minimum absolute atomic E-state index is 0.235. The molecule has 17 heavy (non-hydrogen) atoms. The maximum atomic E-state index is 12.0. The average Bonchev–Trinajstić information content (AvgIpc) is 2.23. The van der Waals surface area contributed by atoms with E-state index in [1.807, 2.05) is 0 Å².